The van der Waals surface area contributed by atoms with E-state index in [4.69, 9.17) is 4.74 Å². The van der Waals surface area contributed by atoms with Crippen molar-refractivity contribution in [1.29, 1.82) is 0 Å². The molecular formula is C41H38FN7O7. The number of hydrogen-bond donors (Lipinski definition) is 1. The number of hydrogen-bond acceptors (Lipinski definition) is 9. The number of non-ortho nitro benzene ring substituents is 1. The van der Waals surface area contributed by atoms with Gasteiger partial charge in [-0.05, 0) is 79.6 Å². The first kappa shape index (κ1) is 35.5. The molecule has 1 aromatic heterocycles. The average Bonchev–Trinajstić information content (AvgIpc) is 3.91. The summed E-state index contributed by atoms with van der Waals surface area (Å²) in [7, 11) is 0. The van der Waals surface area contributed by atoms with Crippen LogP contribution in [-0.4, -0.2) is 99.1 Å². The lowest BCUT2D eigenvalue weighted by molar-refractivity contribution is -0.383. The second-order valence-electron chi connectivity index (χ2n) is 15.0. The molecule has 4 fully saturated rings. The van der Waals surface area contributed by atoms with Gasteiger partial charge in [0.2, 0.25) is 0 Å². The van der Waals surface area contributed by atoms with Gasteiger partial charge < -0.3 is 14.5 Å². The Morgan fingerprint density at radius 1 is 0.929 bits per heavy atom. The minimum atomic E-state index is -0.598. The Bertz CT molecular complexity index is 2470. The molecule has 14 nitrogen and oxygen atoms in total. The topological polar surface area (TPSA) is 162 Å². The van der Waals surface area contributed by atoms with Gasteiger partial charge in [-0.2, -0.15) is 5.10 Å². The highest BCUT2D eigenvalue weighted by molar-refractivity contribution is 6.25. The van der Waals surface area contributed by atoms with E-state index in [-0.39, 0.29) is 46.6 Å². The number of rotatable bonds is 10. The van der Waals surface area contributed by atoms with Crippen molar-refractivity contribution in [2.24, 2.45) is 5.92 Å². The number of benzene rings is 4. The summed E-state index contributed by atoms with van der Waals surface area (Å²) in [5.41, 5.74) is 1.22. The largest absolute Gasteiger partial charge is 0.494 e. The van der Waals surface area contributed by atoms with Gasteiger partial charge in [0.25, 0.3) is 23.1 Å². The molecule has 9 rings (SSSR count). The van der Waals surface area contributed by atoms with Crippen LogP contribution >= 0.6 is 0 Å². The van der Waals surface area contributed by atoms with Crippen LogP contribution < -0.4 is 15.2 Å². The molecule has 2 bridgehead atoms. The number of nitrogens with one attached hydrogen (secondary N) is 1. The second kappa shape index (κ2) is 14.1. The van der Waals surface area contributed by atoms with E-state index in [1.165, 1.54) is 23.1 Å². The van der Waals surface area contributed by atoms with Crippen molar-refractivity contribution in [1.82, 2.24) is 24.9 Å². The molecule has 0 spiro atoms. The number of aromatic nitrogens is 2. The van der Waals surface area contributed by atoms with Crippen LogP contribution in [0.4, 0.5) is 20.6 Å². The molecule has 0 radical (unpaired) electrons. The summed E-state index contributed by atoms with van der Waals surface area (Å²) in [6, 6.07) is 18.6. The molecule has 4 heterocycles. The first-order valence-corrected chi connectivity index (χ1v) is 18.9. The number of fused-ring (bicyclic) bond motifs is 7. The lowest BCUT2D eigenvalue weighted by Crippen LogP contribution is -2.49. The number of imide groups is 1. The van der Waals surface area contributed by atoms with Crippen LogP contribution in [0.25, 0.3) is 21.5 Å². The summed E-state index contributed by atoms with van der Waals surface area (Å²) in [5.74, 6) is -0.652. The third-order valence-electron chi connectivity index (χ3n) is 11.8. The van der Waals surface area contributed by atoms with Gasteiger partial charge in [0, 0.05) is 62.0 Å². The van der Waals surface area contributed by atoms with E-state index in [1.807, 2.05) is 12.1 Å². The fourth-order valence-corrected chi connectivity index (χ4v) is 9.05. The van der Waals surface area contributed by atoms with Gasteiger partial charge in [-0.25, -0.2) is 19.2 Å². The zero-order chi connectivity index (χ0) is 38.7. The lowest BCUT2D eigenvalue weighted by Gasteiger charge is -2.34. The Labute approximate surface area is 319 Å². The van der Waals surface area contributed by atoms with Crippen LogP contribution in [0.2, 0.25) is 0 Å². The molecule has 0 unspecified atom stereocenters. The molecule has 1 N–H and O–H groups in total. The maximum Gasteiger partial charge on any atom is 0.332 e. The van der Waals surface area contributed by atoms with Crippen molar-refractivity contribution in [3.05, 3.63) is 116 Å². The first-order chi connectivity index (χ1) is 27.2. The van der Waals surface area contributed by atoms with E-state index in [2.05, 4.69) is 15.1 Å². The lowest BCUT2D eigenvalue weighted by atomic mass is 9.99. The van der Waals surface area contributed by atoms with Crippen molar-refractivity contribution >= 4 is 50.8 Å². The summed E-state index contributed by atoms with van der Waals surface area (Å²) in [6.45, 7) is 3.08. The Morgan fingerprint density at radius 2 is 1.73 bits per heavy atom. The molecular weight excluding hydrogens is 721 g/mol. The third kappa shape index (κ3) is 6.11. The minimum absolute atomic E-state index is 0.00658. The second-order valence-corrected chi connectivity index (χ2v) is 15.0. The molecule has 3 atom stereocenters. The molecule has 15 heteroatoms. The predicted octanol–water partition coefficient (Wildman–Crippen LogP) is 5.26. The van der Waals surface area contributed by atoms with Gasteiger partial charge in [-0.15, -0.1) is 0 Å². The molecule has 3 aliphatic heterocycles. The summed E-state index contributed by atoms with van der Waals surface area (Å²) >= 11 is 0. The number of amides is 4. The van der Waals surface area contributed by atoms with Gasteiger partial charge in [0.1, 0.15) is 17.6 Å². The SMILES string of the molecule is O=C(c1cc(Cc2n[nH]c(=O)c3ccccc23)ccc1F)N1CCN(CCCOc2ccc3c([N+](=O)[O-])ccc(N4C(=O)[C@H]5[C@H]6CC[C@H](C6)N5C4=O)c3c2)CC1. The Balaban J connectivity index is 0.817. The van der Waals surface area contributed by atoms with Gasteiger partial charge >= 0.3 is 6.03 Å². The van der Waals surface area contributed by atoms with Crippen LogP contribution in [0, 0.1) is 21.8 Å². The molecule has 56 heavy (non-hydrogen) atoms. The van der Waals surface area contributed by atoms with Crippen LogP contribution in [0.5, 0.6) is 5.75 Å². The van der Waals surface area contributed by atoms with Gasteiger partial charge in [0.05, 0.1) is 39.2 Å². The van der Waals surface area contributed by atoms with E-state index in [1.54, 1.807) is 52.3 Å². The number of carbonyl (C=O) groups is 3. The van der Waals surface area contributed by atoms with Crippen LogP contribution in [-0.2, 0) is 11.2 Å². The van der Waals surface area contributed by atoms with Crippen molar-refractivity contribution in [3.8, 4) is 5.75 Å². The number of anilines is 1. The number of nitrogens with zero attached hydrogens (tertiary/aromatic N) is 6. The monoisotopic (exact) mass is 759 g/mol. The molecule has 4 amide bonds. The Morgan fingerprint density at radius 3 is 2.52 bits per heavy atom. The first-order valence-electron chi connectivity index (χ1n) is 18.9. The zero-order valence-electron chi connectivity index (χ0n) is 30.4. The molecule has 1 saturated carbocycles. The van der Waals surface area contributed by atoms with Gasteiger partial charge in [-0.3, -0.25) is 29.4 Å². The fourth-order valence-electron chi connectivity index (χ4n) is 9.05. The maximum atomic E-state index is 15.0. The number of urea groups is 1. The number of H-pyrrole nitrogens is 1. The van der Waals surface area contributed by atoms with Crippen molar-refractivity contribution in [2.45, 2.75) is 44.2 Å². The number of aromatic amines is 1. The zero-order valence-corrected chi connectivity index (χ0v) is 30.4. The highest BCUT2D eigenvalue weighted by Crippen LogP contribution is 2.48. The Hall–Kier alpha value is -6.22. The van der Waals surface area contributed by atoms with E-state index < -0.39 is 16.8 Å². The summed E-state index contributed by atoms with van der Waals surface area (Å²) in [4.78, 5) is 71.1. The molecule has 4 aliphatic rings. The summed E-state index contributed by atoms with van der Waals surface area (Å²) in [6.07, 6.45) is 3.60. The van der Waals surface area contributed by atoms with Gasteiger partial charge in [-0.1, -0.05) is 24.3 Å². The van der Waals surface area contributed by atoms with Gasteiger partial charge in [0.15, 0.2) is 0 Å². The molecule has 3 saturated heterocycles. The van der Waals surface area contributed by atoms with Crippen LogP contribution in [0.1, 0.15) is 47.3 Å². The number of piperazine rings is 1. The molecule has 1 aliphatic carbocycles. The van der Waals surface area contributed by atoms with E-state index in [0.29, 0.717) is 96.4 Å². The van der Waals surface area contributed by atoms with E-state index >= 15 is 0 Å². The fraction of sp³-hybridized carbons (Fsp3) is 0.341. The van der Waals surface area contributed by atoms with E-state index in [0.717, 1.165) is 19.3 Å². The Kier molecular flexibility index (Phi) is 8.95. The number of ether oxygens (including phenoxy) is 1. The number of carbonyl (C=O) groups excluding carboxylic acids is 3. The molecule has 286 valence electrons. The summed E-state index contributed by atoms with van der Waals surface area (Å²) in [5, 5.41) is 20.6. The number of piperidine rings is 1. The number of nitro benzene ring substituents is 1. The van der Waals surface area contributed by atoms with Crippen LogP contribution in [0.3, 0.4) is 0 Å². The smallest absolute Gasteiger partial charge is 0.332 e. The van der Waals surface area contributed by atoms with Crippen molar-refractivity contribution < 1.29 is 28.4 Å². The number of halogens is 1. The normalized spacial score (nSPS) is 20.7. The standard InChI is InChI=1S/C41H38FN7O7/c42-33-11-6-24(21-34-28-4-1-2-5-30(28)38(50)44-43-34)20-32(33)39(51)46-17-15-45(16-18-46)14-3-19-56-27-9-10-29-31(23-27)35(12-13-36(29)49(54)55)48-40(52)37-25-7-8-26(22-25)47(37)41(48)53/h1-2,4-6,9-13,20,23,25-26,37H,3,7-8,14-19,21-22H2,(H,44,50)/t25-,26+,37+/m0/s1. The maximum absolute atomic E-state index is 15.0. The quantitative estimate of drug-likeness (QED) is 0.0867. The predicted molar refractivity (Wildman–Crippen MR) is 204 cm³/mol. The number of nitro groups is 1. The average molecular weight is 760 g/mol. The highest BCUT2D eigenvalue weighted by atomic mass is 19.1. The van der Waals surface area contributed by atoms with Crippen LogP contribution in [0.15, 0.2) is 77.6 Å². The van der Waals surface area contributed by atoms with E-state index in [9.17, 15) is 33.7 Å². The van der Waals surface area contributed by atoms with Crippen molar-refractivity contribution in [3.63, 3.8) is 0 Å². The molecule has 5 aromatic rings. The highest BCUT2D eigenvalue weighted by Gasteiger charge is 2.59. The molecule has 4 aromatic carbocycles. The third-order valence-corrected chi connectivity index (χ3v) is 11.8. The summed E-state index contributed by atoms with van der Waals surface area (Å²) < 4.78 is 21.1. The van der Waals surface area contributed by atoms with Crippen molar-refractivity contribution in [2.75, 3.05) is 44.2 Å². The minimum Gasteiger partial charge on any atom is -0.494 e.